The quantitative estimate of drug-likeness (QED) is 0.657. The van der Waals surface area contributed by atoms with Gasteiger partial charge in [0.05, 0.1) is 4.92 Å². The van der Waals surface area contributed by atoms with E-state index < -0.39 is 22.1 Å². The molecule has 0 spiro atoms. The highest BCUT2D eigenvalue weighted by Crippen LogP contribution is 2.23. The van der Waals surface area contributed by atoms with Gasteiger partial charge in [-0.3, -0.25) is 14.7 Å². The average molecular weight is 283 g/mol. The van der Waals surface area contributed by atoms with Gasteiger partial charge in [-0.2, -0.15) is 10.5 Å². The van der Waals surface area contributed by atoms with E-state index in [2.05, 4.69) is 4.98 Å². The van der Waals surface area contributed by atoms with E-state index in [-0.39, 0.29) is 17.1 Å². The summed E-state index contributed by atoms with van der Waals surface area (Å²) in [6, 6.07) is 6.84. The molecule has 0 aliphatic carbocycles. The molecule has 1 N–H and O–H groups in total. The normalized spacial score (nSPS) is 9.62. The van der Waals surface area contributed by atoms with E-state index in [1.165, 1.54) is 17.0 Å². The lowest BCUT2D eigenvalue weighted by atomic mass is 10.1. The van der Waals surface area contributed by atoms with Crippen molar-refractivity contribution in [2.75, 3.05) is 0 Å². The van der Waals surface area contributed by atoms with Crippen LogP contribution in [0.4, 0.5) is 5.69 Å². The summed E-state index contributed by atoms with van der Waals surface area (Å²) < 4.78 is 1.19. The van der Waals surface area contributed by atoms with Crippen molar-refractivity contribution >= 4 is 11.7 Å². The van der Waals surface area contributed by atoms with Crippen molar-refractivity contribution in [3.8, 4) is 17.8 Å². The second-order valence-electron chi connectivity index (χ2n) is 3.80. The van der Waals surface area contributed by atoms with E-state index in [1.807, 2.05) is 0 Å². The Bertz CT molecular complexity index is 840. The van der Waals surface area contributed by atoms with Gasteiger partial charge in [0.1, 0.15) is 24.0 Å². The molecule has 9 heteroatoms. The number of nitro benzene ring substituents is 1. The summed E-state index contributed by atoms with van der Waals surface area (Å²) in [6.07, 6.45) is 1.17. The summed E-state index contributed by atoms with van der Waals surface area (Å²) in [7, 11) is 0. The average Bonchev–Trinajstić information content (AvgIpc) is 2.89. The summed E-state index contributed by atoms with van der Waals surface area (Å²) >= 11 is 0. The van der Waals surface area contributed by atoms with E-state index in [4.69, 9.17) is 15.6 Å². The van der Waals surface area contributed by atoms with Crippen molar-refractivity contribution in [1.82, 2.24) is 9.55 Å². The molecule has 0 saturated heterocycles. The Balaban J connectivity index is 2.68. The standard InChI is InChI=1S/C12H5N5O4/c13-4-9-11(5-14)16(6-15-9)7-1-2-10(17(20)21)8(3-7)12(18)19/h1-3,6H,(H,18,19). The summed E-state index contributed by atoms with van der Waals surface area (Å²) in [5, 5.41) is 37.6. The fourth-order valence-corrected chi connectivity index (χ4v) is 1.74. The van der Waals surface area contributed by atoms with Crippen LogP contribution in [0.2, 0.25) is 0 Å². The summed E-state index contributed by atoms with van der Waals surface area (Å²) in [5.74, 6) is -1.47. The topological polar surface area (TPSA) is 146 Å². The predicted molar refractivity (Wildman–Crippen MR) is 66.6 cm³/mol. The summed E-state index contributed by atoms with van der Waals surface area (Å²) in [6.45, 7) is 0. The number of aromatic carboxylic acids is 1. The maximum atomic E-state index is 11.1. The van der Waals surface area contributed by atoms with Crippen LogP contribution in [0.3, 0.4) is 0 Å². The molecule has 1 aromatic carbocycles. The number of rotatable bonds is 3. The number of hydrogen-bond donors (Lipinski definition) is 1. The van der Waals surface area contributed by atoms with Crippen molar-refractivity contribution < 1.29 is 14.8 Å². The van der Waals surface area contributed by atoms with Crippen LogP contribution in [0.15, 0.2) is 24.5 Å². The number of hydrogen-bond acceptors (Lipinski definition) is 6. The van der Waals surface area contributed by atoms with Crippen LogP contribution in [-0.4, -0.2) is 25.6 Å². The molecule has 0 amide bonds. The number of carbonyl (C=O) groups is 1. The molecule has 21 heavy (non-hydrogen) atoms. The molecular formula is C12H5N5O4. The van der Waals surface area contributed by atoms with E-state index in [1.54, 1.807) is 12.1 Å². The second-order valence-corrected chi connectivity index (χ2v) is 3.80. The Morgan fingerprint density at radius 1 is 1.38 bits per heavy atom. The van der Waals surface area contributed by atoms with Crippen LogP contribution in [0.1, 0.15) is 21.7 Å². The number of nitro groups is 1. The first kappa shape index (κ1) is 13.7. The highest BCUT2D eigenvalue weighted by atomic mass is 16.6. The minimum Gasteiger partial charge on any atom is -0.477 e. The van der Waals surface area contributed by atoms with E-state index in [0.29, 0.717) is 0 Å². The van der Waals surface area contributed by atoms with Gasteiger partial charge in [0.25, 0.3) is 5.69 Å². The Kier molecular flexibility index (Phi) is 3.33. The van der Waals surface area contributed by atoms with Crippen molar-refractivity contribution in [3.63, 3.8) is 0 Å². The maximum absolute atomic E-state index is 11.1. The molecule has 0 aliphatic rings. The van der Waals surface area contributed by atoms with Crippen molar-refractivity contribution in [2.24, 2.45) is 0 Å². The van der Waals surface area contributed by atoms with Crippen LogP contribution in [0.25, 0.3) is 5.69 Å². The van der Waals surface area contributed by atoms with Gasteiger partial charge in [-0.1, -0.05) is 0 Å². The first-order valence-electron chi connectivity index (χ1n) is 5.39. The SMILES string of the molecule is N#Cc1ncn(-c2ccc([N+](=O)[O-])c(C(=O)O)c2)c1C#N. The molecule has 102 valence electrons. The zero-order valence-electron chi connectivity index (χ0n) is 10.2. The van der Waals surface area contributed by atoms with Gasteiger partial charge in [0.2, 0.25) is 0 Å². The number of benzene rings is 1. The lowest BCUT2D eigenvalue weighted by Gasteiger charge is -2.05. The smallest absolute Gasteiger partial charge is 0.342 e. The van der Waals surface area contributed by atoms with Crippen molar-refractivity contribution in [2.45, 2.75) is 0 Å². The molecule has 0 radical (unpaired) electrons. The monoisotopic (exact) mass is 283 g/mol. The second kappa shape index (κ2) is 5.11. The Hall–Kier alpha value is -3.72. The van der Waals surface area contributed by atoms with Gasteiger partial charge in [0.15, 0.2) is 11.4 Å². The molecule has 2 rings (SSSR count). The summed E-state index contributed by atoms with van der Waals surface area (Å²) in [4.78, 5) is 24.8. The van der Waals surface area contributed by atoms with Gasteiger partial charge < -0.3 is 5.11 Å². The number of nitriles is 2. The van der Waals surface area contributed by atoms with E-state index in [9.17, 15) is 14.9 Å². The fourth-order valence-electron chi connectivity index (χ4n) is 1.74. The molecule has 0 saturated carbocycles. The fraction of sp³-hybridized carbons (Fsp3) is 0. The van der Waals surface area contributed by atoms with Crippen LogP contribution < -0.4 is 0 Å². The van der Waals surface area contributed by atoms with Gasteiger partial charge in [-0.15, -0.1) is 0 Å². The van der Waals surface area contributed by atoms with E-state index >= 15 is 0 Å². The molecule has 1 heterocycles. The van der Waals surface area contributed by atoms with Crippen LogP contribution >= 0.6 is 0 Å². The van der Waals surface area contributed by atoms with Gasteiger partial charge in [-0.05, 0) is 12.1 Å². The van der Waals surface area contributed by atoms with E-state index in [0.717, 1.165) is 12.1 Å². The Morgan fingerprint density at radius 3 is 2.62 bits per heavy atom. The zero-order chi connectivity index (χ0) is 15.6. The van der Waals surface area contributed by atoms with Crippen molar-refractivity contribution in [3.05, 3.63) is 51.6 Å². The van der Waals surface area contributed by atoms with Gasteiger partial charge in [0, 0.05) is 11.8 Å². The largest absolute Gasteiger partial charge is 0.477 e. The van der Waals surface area contributed by atoms with Crippen molar-refractivity contribution in [1.29, 1.82) is 10.5 Å². The molecule has 0 fully saturated rings. The third kappa shape index (κ3) is 2.27. The minimum atomic E-state index is -1.47. The van der Waals surface area contributed by atoms with Crippen LogP contribution in [-0.2, 0) is 0 Å². The predicted octanol–water partition coefficient (Wildman–Crippen LogP) is 1.22. The van der Waals surface area contributed by atoms with Gasteiger partial charge >= 0.3 is 5.97 Å². The van der Waals surface area contributed by atoms with Crippen LogP contribution in [0.5, 0.6) is 0 Å². The summed E-state index contributed by atoms with van der Waals surface area (Å²) in [5.41, 5.74) is -1.10. The zero-order valence-corrected chi connectivity index (χ0v) is 10.2. The molecule has 1 aromatic heterocycles. The highest BCUT2D eigenvalue weighted by Gasteiger charge is 2.21. The Morgan fingerprint density at radius 2 is 2.10 bits per heavy atom. The lowest BCUT2D eigenvalue weighted by Crippen LogP contribution is -2.05. The molecule has 0 aliphatic heterocycles. The minimum absolute atomic E-state index is 0.0808. The molecule has 9 nitrogen and oxygen atoms in total. The Labute approximate surface area is 117 Å². The number of imidazole rings is 1. The molecule has 0 unspecified atom stereocenters. The number of carboxylic acid groups (broad SMARTS) is 1. The third-order valence-corrected chi connectivity index (χ3v) is 2.66. The number of aromatic nitrogens is 2. The lowest BCUT2D eigenvalue weighted by molar-refractivity contribution is -0.385. The highest BCUT2D eigenvalue weighted by molar-refractivity contribution is 5.93. The molecular weight excluding hydrogens is 278 g/mol. The molecule has 0 atom stereocenters. The molecule has 2 aromatic rings. The molecule has 0 bridgehead atoms. The van der Waals surface area contributed by atoms with Crippen LogP contribution in [0, 0.1) is 32.8 Å². The third-order valence-electron chi connectivity index (χ3n) is 2.66. The maximum Gasteiger partial charge on any atom is 0.342 e. The van der Waals surface area contributed by atoms with Gasteiger partial charge in [-0.25, -0.2) is 9.78 Å². The first-order chi connectivity index (χ1) is 9.99. The number of carboxylic acids is 1. The number of nitrogens with zero attached hydrogens (tertiary/aromatic N) is 5. The first-order valence-corrected chi connectivity index (χ1v) is 5.39.